The largest absolute Gasteiger partial charge is 0.394 e. The van der Waals surface area contributed by atoms with Crippen LogP contribution in [0, 0.1) is 0 Å². The van der Waals surface area contributed by atoms with Crippen LogP contribution in [0.2, 0.25) is 0 Å². The second-order valence-electron chi connectivity index (χ2n) is 2.79. The van der Waals surface area contributed by atoms with Crippen LogP contribution in [0.15, 0.2) is 0 Å². The Morgan fingerprint density at radius 2 is 1.87 bits per heavy atom. The highest BCUT2D eigenvalue weighted by molar-refractivity contribution is 5.58. The zero-order valence-electron chi connectivity index (χ0n) is 8.81. The van der Waals surface area contributed by atoms with Gasteiger partial charge in [0.05, 0.1) is 6.61 Å². The van der Waals surface area contributed by atoms with E-state index in [0.717, 1.165) is 0 Å². The van der Waals surface area contributed by atoms with E-state index in [1.165, 1.54) is 0 Å². The summed E-state index contributed by atoms with van der Waals surface area (Å²) >= 11 is 0. The van der Waals surface area contributed by atoms with Gasteiger partial charge in [0.1, 0.15) is 38.7 Å². The maximum Gasteiger partial charge on any atom is 0.151 e. The van der Waals surface area contributed by atoms with E-state index in [-0.39, 0.29) is 6.29 Å². The summed E-state index contributed by atoms with van der Waals surface area (Å²) < 4.78 is 11.0. The zero-order valence-corrected chi connectivity index (χ0v) is 7.81. The first-order valence-corrected chi connectivity index (χ1v) is 4.15. The molecular weight excluding hydrogens is 208 g/mol. The van der Waals surface area contributed by atoms with Gasteiger partial charge in [-0.2, -0.15) is 0 Å². The maximum atomic E-state index is 10.5. The van der Waals surface area contributed by atoms with Crippen molar-refractivity contribution >= 4 is 12.5 Å². The second kappa shape index (κ2) is 7.43. The molecule has 0 aromatic rings. The SMILES string of the molecule is [2H]C(=O)CO[C@@H](C=O)[C@@H](O)[C@H](O)[C@H](O)CO. The predicted molar refractivity (Wildman–Crippen MR) is 47.0 cm³/mol. The van der Waals surface area contributed by atoms with Crippen molar-refractivity contribution in [3.05, 3.63) is 0 Å². The molecule has 0 aromatic heterocycles. The van der Waals surface area contributed by atoms with Gasteiger partial charge in [-0.05, 0) is 0 Å². The standard InChI is InChI=1S/C8H14O7/c9-1-2-15-6(4-11)8(14)7(13)5(12)3-10/h1,4-8,10,12-14H,2-3H2/t5-,6+,7-,8-/m1/s1/i1D. The van der Waals surface area contributed by atoms with Gasteiger partial charge >= 0.3 is 0 Å². The topological polar surface area (TPSA) is 124 Å². The summed E-state index contributed by atoms with van der Waals surface area (Å²) in [6.07, 6.45) is -7.74. The van der Waals surface area contributed by atoms with Crippen LogP contribution in [0.3, 0.4) is 0 Å². The minimum Gasteiger partial charge on any atom is -0.394 e. The highest BCUT2D eigenvalue weighted by Crippen LogP contribution is 2.06. The third-order valence-corrected chi connectivity index (χ3v) is 1.74. The minimum absolute atomic E-state index is 0.126. The molecule has 0 rings (SSSR count). The average Bonchev–Trinajstić information content (AvgIpc) is 2.27. The Hall–Kier alpha value is -0.860. The average molecular weight is 223 g/mol. The fraction of sp³-hybridized carbons (Fsp3) is 0.750. The highest BCUT2D eigenvalue weighted by Gasteiger charge is 2.31. The van der Waals surface area contributed by atoms with E-state index in [1.54, 1.807) is 0 Å². The predicted octanol–water partition coefficient (Wildman–Crippen LogP) is -3.16. The van der Waals surface area contributed by atoms with Crippen molar-refractivity contribution in [2.75, 3.05) is 13.2 Å². The highest BCUT2D eigenvalue weighted by atomic mass is 16.5. The fourth-order valence-electron chi connectivity index (χ4n) is 0.879. The van der Waals surface area contributed by atoms with Gasteiger partial charge in [-0.25, -0.2) is 0 Å². The lowest BCUT2D eigenvalue weighted by molar-refractivity contribution is -0.147. The van der Waals surface area contributed by atoms with E-state index in [1.807, 2.05) is 0 Å². The van der Waals surface area contributed by atoms with Crippen LogP contribution >= 0.6 is 0 Å². The monoisotopic (exact) mass is 223 g/mol. The molecule has 0 amide bonds. The molecule has 15 heavy (non-hydrogen) atoms. The molecule has 0 bridgehead atoms. The van der Waals surface area contributed by atoms with Gasteiger partial charge in [0.2, 0.25) is 0 Å². The van der Waals surface area contributed by atoms with E-state index in [2.05, 4.69) is 4.74 Å². The molecule has 0 unspecified atom stereocenters. The first-order valence-electron chi connectivity index (χ1n) is 4.65. The normalized spacial score (nSPS) is 19.9. The lowest BCUT2D eigenvalue weighted by Gasteiger charge is -2.25. The van der Waals surface area contributed by atoms with Gasteiger partial charge in [0, 0.05) is 0 Å². The molecule has 0 heterocycles. The quantitative estimate of drug-likeness (QED) is 0.320. The van der Waals surface area contributed by atoms with E-state index in [4.69, 9.17) is 11.6 Å². The molecule has 4 N–H and O–H groups in total. The van der Waals surface area contributed by atoms with E-state index in [0.29, 0.717) is 0 Å². The number of aldehydes is 2. The van der Waals surface area contributed by atoms with Crippen LogP contribution in [0.4, 0.5) is 0 Å². The van der Waals surface area contributed by atoms with Gasteiger partial charge in [0.25, 0.3) is 0 Å². The van der Waals surface area contributed by atoms with Crippen LogP contribution in [0.1, 0.15) is 1.37 Å². The van der Waals surface area contributed by atoms with Gasteiger partial charge in [-0.1, -0.05) is 0 Å². The van der Waals surface area contributed by atoms with Crippen molar-refractivity contribution in [3.8, 4) is 0 Å². The van der Waals surface area contributed by atoms with Crippen LogP contribution in [0.5, 0.6) is 0 Å². The van der Waals surface area contributed by atoms with Gasteiger partial charge in [-0.3, -0.25) is 0 Å². The number of hydrogen-bond acceptors (Lipinski definition) is 7. The molecule has 0 saturated carbocycles. The Labute approximate surface area is 87.3 Å². The smallest absolute Gasteiger partial charge is 0.151 e. The number of hydrogen-bond donors (Lipinski definition) is 4. The first kappa shape index (κ1) is 12.2. The Kier molecular flexibility index (Phi) is 6.05. The molecule has 0 spiro atoms. The molecule has 7 heteroatoms. The molecule has 0 fully saturated rings. The minimum atomic E-state index is -1.79. The third kappa shape index (κ3) is 4.45. The lowest BCUT2D eigenvalue weighted by Crippen LogP contribution is -2.47. The Morgan fingerprint density at radius 3 is 2.27 bits per heavy atom. The molecule has 0 aromatic carbocycles. The maximum absolute atomic E-state index is 10.5. The van der Waals surface area contributed by atoms with Crippen LogP contribution in [0.25, 0.3) is 0 Å². The Bertz CT molecular complexity index is 234. The van der Waals surface area contributed by atoms with Crippen molar-refractivity contribution in [1.82, 2.24) is 0 Å². The van der Waals surface area contributed by atoms with Crippen molar-refractivity contribution in [2.24, 2.45) is 0 Å². The molecule has 7 nitrogen and oxygen atoms in total. The lowest BCUT2D eigenvalue weighted by atomic mass is 10.0. The molecular formula is C8H14O7. The number of carbonyl (C=O) groups excluding carboxylic acids is 2. The number of ether oxygens (including phenoxy) is 1. The summed E-state index contributed by atoms with van der Waals surface area (Å²) in [5.74, 6) is 0. The van der Waals surface area contributed by atoms with Crippen molar-refractivity contribution in [3.63, 3.8) is 0 Å². The third-order valence-electron chi connectivity index (χ3n) is 1.74. The molecule has 0 saturated heterocycles. The van der Waals surface area contributed by atoms with Gasteiger partial charge in [-0.15, -0.1) is 0 Å². The van der Waals surface area contributed by atoms with E-state index in [9.17, 15) is 19.8 Å². The van der Waals surface area contributed by atoms with Gasteiger partial charge < -0.3 is 34.8 Å². The zero-order chi connectivity index (χ0) is 12.7. The van der Waals surface area contributed by atoms with Crippen molar-refractivity contribution in [1.29, 1.82) is 0 Å². The van der Waals surface area contributed by atoms with Crippen molar-refractivity contribution in [2.45, 2.75) is 24.4 Å². The van der Waals surface area contributed by atoms with Crippen LogP contribution in [-0.4, -0.2) is 70.6 Å². The van der Waals surface area contributed by atoms with Gasteiger partial charge in [0.15, 0.2) is 6.29 Å². The Balaban J connectivity index is 4.33. The number of aliphatic hydroxyl groups is 4. The summed E-state index contributed by atoms with van der Waals surface area (Å²) in [6, 6.07) is 0. The molecule has 0 aliphatic rings. The first-order chi connectivity index (χ1) is 7.43. The molecule has 0 aliphatic heterocycles. The number of rotatable bonds is 8. The number of carbonyl (C=O) groups is 2. The van der Waals surface area contributed by atoms with E-state index >= 15 is 0 Å². The van der Waals surface area contributed by atoms with Crippen LogP contribution in [-0.2, 0) is 14.3 Å². The summed E-state index contributed by atoms with van der Waals surface area (Å²) in [7, 11) is 0. The van der Waals surface area contributed by atoms with Crippen molar-refractivity contribution < 1.29 is 36.1 Å². The summed E-state index contributed by atoms with van der Waals surface area (Å²) in [6.45, 7) is -1.52. The molecule has 88 valence electrons. The van der Waals surface area contributed by atoms with E-state index < -0.39 is 43.9 Å². The molecule has 0 aliphatic carbocycles. The van der Waals surface area contributed by atoms with Crippen LogP contribution < -0.4 is 0 Å². The molecule has 4 atom stereocenters. The summed E-state index contributed by atoms with van der Waals surface area (Å²) in [4.78, 5) is 20.7. The second-order valence-corrected chi connectivity index (χ2v) is 2.79. The summed E-state index contributed by atoms with van der Waals surface area (Å²) in [5, 5.41) is 36.0. The summed E-state index contributed by atoms with van der Waals surface area (Å²) in [5.41, 5.74) is 0. The Morgan fingerprint density at radius 1 is 1.27 bits per heavy atom. The molecule has 0 radical (unpaired) electrons. The number of aliphatic hydroxyl groups excluding tert-OH is 4. The fourth-order valence-corrected chi connectivity index (χ4v) is 0.879.